The third-order valence-corrected chi connectivity index (χ3v) is 6.02. The average Bonchev–Trinajstić information content (AvgIpc) is 3.15. The largest absolute Gasteiger partial charge is 0.317 e. The number of hydrogen-bond donors (Lipinski definition) is 1. The van der Waals surface area contributed by atoms with E-state index in [9.17, 15) is 0 Å². The maximum atomic E-state index is 5.00. The SMILES string of the molecule is CCNCC1CCc2nc(C3CC4CCC3C4)ncc2C1. The first-order valence-corrected chi connectivity index (χ1v) is 8.89. The van der Waals surface area contributed by atoms with Gasteiger partial charge in [-0.05, 0) is 74.9 Å². The summed E-state index contributed by atoms with van der Waals surface area (Å²) in [7, 11) is 0. The van der Waals surface area contributed by atoms with Gasteiger partial charge in [0, 0.05) is 17.8 Å². The maximum absolute atomic E-state index is 5.00. The highest BCUT2D eigenvalue weighted by molar-refractivity contribution is 5.23. The van der Waals surface area contributed by atoms with Crippen molar-refractivity contribution in [2.24, 2.45) is 17.8 Å². The minimum absolute atomic E-state index is 0.675. The standard InChI is InChI=1S/C18H27N3/c1-2-19-10-13-4-6-17-15(8-13)11-20-18(21-17)16-9-12-3-5-14(16)7-12/h11-14,16,19H,2-10H2,1H3. The molecule has 2 bridgehead atoms. The molecule has 4 unspecified atom stereocenters. The first kappa shape index (κ1) is 13.7. The molecule has 2 saturated carbocycles. The van der Waals surface area contributed by atoms with Crippen molar-refractivity contribution in [3.05, 3.63) is 23.3 Å². The molecule has 114 valence electrons. The van der Waals surface area contributed by atoms with Crippen LogP contribution in [0, 0.1) is 17.8 Å². The summed E-state index contributed by atoms with van der Waals surface area (Å²) in [5, 5.41) is 3.48. The zero-order valence-corrected chi connectivity index (χ0v) is 13.1. The highest BCUT2D eigenvalue weighted by atomic mass is 14.9. The molecule has 4 atom stereocenters. The summed E-state index contributed by atoms with van der Waals surface area (Å²) in [6.07, 6.45) is 11.4. The Morgan fingerprint density at radius 3 is 2.95 bits per heavy atom. The van der Waals surface area contributed by atoms with Gasteiger partial charge in [-0.3, -0.25) is 0 Å². The van der Waals surface area contributed by atoms with E-state index in [0.717, 1.165) is 37.3 Å². The quantitative estimate of drug-likeness (QED) is 0.924. The van der Waals surface area contributed by atoms with Gasteiger partial charge >= 0.3 is 0 Å². The molecule has 3 aliphatic rings. The van der Waals surface area contributed by atoms with Gasteiger partial charge in [0.15, 0.2) is 0 Å². The van der Waals surface area contributed by atoms with Gasteiger partial charge in [0.05, 0.1) is 0 Å². The molecule has 21 heavy (non-hydrogen) atoms. The third-order valence-electron chi connectivity index (χ3n) is 6.02. The molecule has 0 saturated heterocycles. The van der Waals surface area contributed by atoms with Crippen LogP contribution >= 0.6 is 0 Å². The normalized spacial score (nSPS) is 34.1. The molecule has 1 N–H and O–H groups in total. The van der Waals surface area contributed by atoms with Crippen molar-refractivity contribution >= 4 is 0 Å². The van der Waals surface area contributed by atoms with E-state index >= 15 is 0 Å². The Morgan fingerprint density at radius 2 is 2.19 bits per heavy atom. The molecule has 0 spiro atoms. The maximum Gasteiger partial charge on any atom is 0.131 e. The van der Waals surface area contributed by atoms with Crippen LogP contribution in [0.4, 0.5) is 0 Å². The fourth-order valence-corrected chi connectivity index (χ4v) is 4.86. The summed E-state index contributed by atoms with van der Waals surface area (Å²) in [6.45, 7) is 4.40. The summed E-state index contributed by atoms with van der Waals surface area (Å²) >= 11 is 0. The molecule has 4 rings (SSSR count). The van der Waals surface area contributed by atoms with Crippen LogP contribution in [0.5, 0.6) is 0 Å². The van der Waals surface area contributed by atoms with E-state index in [1.807, 2.05) is 0 Å². The molecule has 0 radical (unpaired) electrons. The number of aromatic nitrogens is 2. The van der Waals surface area contributed by atoms with Gasteiger partial charge < -0.3 is 5.32 Å². The van der Waals surface area contributed by atoms with Gasteiger partial charge in [-0.2, -0.15) is 0 Å². The fraction of sp³-hybridized carbons (Fsp3) is 0.778. The highest BCUT2D eigenvalue weighted by Gasteiger charge is 2.41. The number of nitrogens with zero attached hydrogens (tertiary/aromatic N) is 2. The lowest BCUT2D eigenvalue weighted by molar-refractivity contribution is 0.396. The van der Waals surface area contributed by atoms with Crippen LogP contribution in [0.1, 0.15) is 62.0 Å². The highest BCUT2D eigenvalue weighted by Crippen LogP contribution is 2.52. The molecule has 3 nitrogen and oxygen atoms in total. The number of nitrogens with one attached hydrogen (secondary N) is 1. The molecular formula is C18H27N3. The van der Waals surface area contributed by atoms with Crippen LogP contribution in [0.25, 0.3) is 0 Å². The van der Waals surface area contributed by atoms with E-state index in [4.69, 9.17) is 9.97 Å². The van der Waals surface area contributed by atoms with Gasteiger partial charge in [0.25, 0.3) is 0 Å². The predicted molar refractivity (Wildman–Crippen MR) is 84.3 cm³/mol. The lowest BCUT2D eigenvalue weighted by atomic mass is 9.85. The predicted octanol–water partition coefficient (Wildman–Crippen LogP) is 3.09. The number of aryl methyl sites for hydroxylation is 1. The lowest BCUT2D eigenvalue weighted by Gasteiger charge is -2.26. The van der Waals surface area contributed by atoms with E-state index in [0.29, 0.717) is 5.92 Å². The average molecular weight is 285 g/mol. The second-order valence-corrected chi connectivity index (χ2v) is 7.40. The minimum atomic E-state index is 0.675. The smallest absolute Gasteiger partial charge is 0.131 e. The monoisotopic (exact) mass is 285 g/mol. The number of fused-ring (bicyclic) bond motifs is 3. The summed E-state index contributed by atoms with van der Waals surface area (Å²) in [5.74, 6) is 4.48. The van der Waals surface area contributed by atoms with E-state index in [-0.39, 0.29) is 0 Å². The van der Waals surface area contributed by atoms with Crippen molar-refractivity contribution in [3.8, 4) is 0 Å². The van der Waals surface area contributed by atoms with Gasteiger partial charge in [-0.25, -0.2) is 9.97 Å². The van der Waals surface area contributed by atoms with Crippen molar-refractivity contribution < 1.29 is 0 Å². The van der Waals surface area contributed by atoms with E-state index in [1.165, 1.54) is 55.6 Å². The van der Waals surface area contributed by atoms with Gasteiger partial charge in [0.1, 0.15) is 5.82 Å². The molecule has 3 aliphatic carbocycles. The molecule has 1 aromatic heterocycles. The van der Waals surface area contributed by atoms with E-state index in [2.05, 4.69) is 18.4 Å². The second kappa shape index (κ2) is 5.68. The van der Waals surface area contributed by atoms with Crippen LogP contribution in [0.2, 0.25) is 0 Å². The Bertz CT molecular complexity index is 513. The Kier molecular flexibility index (Phi) is 3.70. The van der Waals surface area contributed by atoms with Crippen LogP contribution in [-0.4, -0.2) is 23.1 Å². The third kappa shape index (κ3) is 2.61. The summed E-state index contributed by atoms with van der Waals surface area (Å²) in [4.78, 5) is 9.77. The van der Waals surface area contributed by atoms with Crippen LogP contribution < -0.4 is 5.32 Å². The summed E-state index contributed by atoms with van der Waals surface area (Å²) < 4.78 is 0. The van der Waals surface area contributed by atoms with Crippen molar-refractivity contribution in [2.45, 2.75) is 57.8 Å². The van der Waals surface area contributed by atoms with Gasteiger partial charge in [0.2, 0.25) is 0 Å². The van der Waals surface area contributed by atoms with E-state index < -0.39 is 0 Å². The van der Waals surface area contributed by atoms with Crippen molar-refractivity contribution in [3.63, 3.8) is 0 Å². The Balaban J connectivity index is 1.48. The second-order valence-electron chi connectivity index (χ2n) is 7.40. The molecule has 3 heteroatoms. The number of hydrogen-bond acceptors (Lipinski definition) is 3. The van der Waals surface area contributed by atoms with Crippen LogP contribution in [0.3, 0.4) is 0 Å². The first-order valence-electron chi connectivity index (χ1n) is 8.89. The summed E-state index contributed by atoms with van der Waals surface area (Å²) in [6, 6.07) is 0. The zero-order chi connectivity index (χ0) is 14.2. The van der Waals surface area contributed by atoms with E-state index in [1.54, 1.807) is 0 Å². The number of rotatable bonds is 4. The Morgan fingerprint density at radius 1 is 1.24 bits per heavy atom. The molecule has 2 fully saturated rings. The zero-order valence-electron chi connectivity index (χ0n) is 13.1. The summed E-state index contributed by atoms with van der Waals surface area (Å²) in [5.41, 5.74) is 2.77. The fourth-order valence-electron chi connectivity index (χ4n) is 4.86. The lowest BCUT2D eigenvalue weighted by Crippen LogP contribution is -2.28. The minimum Gasteiger partial charge on any atom is -0.317 e. The molecule has 0 amide bonds. The van der Waals surface area contributed by atoms with Crippen molar-refractivity contribution in [1.29, 1.82) is 0 Å². The van der Waals surface area contributed by atoms with Gasteiger partial charge in [-0.15, -0.1) is 0 Å². The van der Waals surface area contributed by atoms with Crippen molar-refractivity contribution in [1.82, 2.24) is 15.3 Å². The van der Waals surface area contributed by atoms with Gasteiger partial charge in [-0.1, -0.05) is 13.3 Å². The van der Waals surface area contributed by atoms with Crippen molar-refractivity contribution in [2.75, 3.05) is 13.1 Å². The molecule has 0 aliphatic heterocycles. The molecule has 1 aromatic rings. The van der Waals surface area contributed by atoms with Crippen LogP contribution in [0.15, 0.2) is 6.20 Å². The Labute approximate surface area is 128 Å². The topological polar surface area (TPSA) is 37.8 Å². The van der Waals surface area contributed by atoms with Crippen LogP contribution in [-0.2, 0) is 12.8 Å². The first-order chi connectivity index (χ1) is 10.3. The Hall–Kier alpha value is -0.960. The molecule has 0 aromatic carbocycles. The molecular weight excluding hydrogens is 258 g/mol. The molecule has 1 heterocycles.